The second kappa shape index (κ2) is 7.27. The Hall–Kier alpha value is -2.34. The molecule has 1 fully saturated rings. The van der Waals surface area contributed by atoms with Crippen LogP contribution in [-0.2, 0) is 16.1 Å². The zero-order valence-corrected chi connectivity index (χ0v) is 15.2. The summed E-state index contributed by atoms with van der Waals surface area (Å²) in [5.41, 5.74) is 2.32. The van der Waals surface area contributed by atoms with Crippen LogP contribution in [0, 0.1) is 6.92 Å². The standard InChI is InChI=1S/C19H26N4O2/c1-14-12-15-6-4-5-7-16(15)23(14)9-8-18(24)22-11-10-21(3)17(13-22)19(25)20-2/h4-7,12,17H,8-11,13H2,1-3H3,(H,20,25)/t17-/m0/s1. The lowest BCUT2D eigenvalue weighted by Crippen LogP contribution is -2.58. The Morgan fingerprint density at radius 2 is 2.00 bits per heavy atom. The Bertz CT molecular complexity index is 783. The van der Waals surface area contributed by atoms with Crippen LogP contribution in [0.3, 0.4) is 0 Å². The Balaban J connectivity index is 1.66. The molecule has 1 N–H and O–H groups in total. The van der Waals surface area contributed by atoms with Gasteiger partial charge in [-0.3, -0.25) is 14.5 Å². The molecule has 25 heavy (non-hydrogen) atoms. The summed E-state index contributed by atoms with van der Waals surface area (Å²) in [7, 11) is 3.56. The van der Waals surface area contributed by atoms with E-state index >= 15 is 0 Å². The van der Waals surface area contributed by atoms with Gasteiger partial charge in [-0.25, -0.2) is 0 Å². The normalized spacial score (nSPS) is 18.5. The second-order valence-electron chi connectivity index (χ2n) is 6.70. The van der Waals surface area contributed by atoms with E-state index in [4.69, 9.17) is 0 Å². The van der Waals surface area contributed by atoms with E-state index in [9.17, 15) is 9.59 Å². The molecule has 0 spiro atoms. The SMILES string of the molecule is CNC(=O)[C@@H]1CN(C(=O)CCn2c(C)cc3ccccc32)CCN1C. The molecule has 1 aromatic heterocycles. The number of benzene rings is 1. The molecular weight excluding hydrogens is 316 g/mol. The topological polar surface area (TPSA) is 57.6 Å². The van der Waals surface area contributed by atoms with E-state index in [-0.39, 0.29) is 17.9 Å². The number of nitrogens with one attached hydrogen (secondary N) is 1. The highest BCUT2D eigenvalue weighted by Crippen LogP contribution is 2.20. The average molecular weight is 342 g/mol. The van der Waals surface area contributed by atoms with Crippen molar-refractivity contribution < 1.29 is 9.59 Å². The van der Waals surface area contributed by atoms with E-state index in [0.717, 1.165) is 17.8 Å². The molecule has 1 atom stereocenters. The van der Waals surface area contributed by atoms with Gasteiger partial charge in [0.2, 0.25) is 11.8 Å². The van der Waals surface area contributed by atoms with Crippen LogP contribution in [0.1, 0.15) is 12.1 Å². The van der Waals surface area contributed by atoms with Gasteiger partial charge >= 0.3 is 0 Å². The third-order valence-electron chi connectivity index (χ3n) is 5.12. The highest BCUT2D eigenvalue weighted by molar-refractivity contribution is 5.84. The molecule has 1 aromatic carbocycles. The summed E-state index contributed by atoms with van der Waals surface area (Å²) in [5.74, 6) is 0.0754. The van der Waals surface area contributed by atoms with Crippen LogP contribution < -0.4 is 5.32 Å². The molecule has 1 saturated heterocycles. The van der Waals surface area contributed by atoms with E-state index in [1.807, 2.05) is 29.0 Å². The first-order chi connectivity index (χ1) is 12.0. The number of para-hydroxylation sites is 1. The number of likely N-dealkylation sites (N-methyl/N-ethyl adjacent to an activating group) is 2. The highest BCUT2D eigenvalue weighted by Gasteiger charge is 2.31. The monoisotopic (exact) mass is 342 g/mol. The summed E-state index contributed by atoms with van der Waals surface area (Å²) in [6.45, 7) is 4.58. The number of aromatic nitrogens is 1. The molecule has 0 saturated carbocycles. The predicted octanol–water partition coefficient (Wildman–Crippen LogP) is 1.23. The Kier molecular flexibility index (Phi) is 5.08. The zero-order chi connectivity index (χ0) is 18.0. The smallest absolute Gasteiger partial charge is 0.238 e. The average Bonchev–Trinajstić information content (AvgIpc) is 2.94. The summed E-state index contributed by atoms with van der Waals surface area (Å²) in [6.07, 6.45) is 0.448. The van der Waals surface area contributed by atoms with Gasteiger partial charge in [-0.2, -0.15) is 0 Å². The summed E-state index contributed by atoms with van der Waals surface area (Å²) in [5, 5.41) is 3.88. The summed E-state index contributed by atoms with van der Waals surface area (Å²) < 4.78 is 2.19. The van der Waals surface area contributed by atoms with Gasteiger partial charge in [-0.15, -0.1) is 0 Å². The molecule has 0 aliphatic carbocycles. The van der Waals surface area contributed by atoms with Crippen molar-refractivity contribution in [2.45, 2.75) is 25.9 Å². The van der Waals surface area contributed by atoms with Crippen molar-refractivity contribution >= 4 is 22.7 Å². The third-order valence-corrected chi connectivity index (χ3v) is 5.12. The number of piperazine rings is 1. The molecule has 2 aromatic rings. The summed E-state index contributed by atoms with van der Waals surface area (Å²) in [6, 6.07) is 10.1. The first kappa shape index (κ1) is 17.5. The molecule has 6 heteroatoms. The molecule has 0 radical (unpaired) electrons. The molecule has 3 rings (SSSR count). The Morgan fingerprint density at radius 3 is 2.76 bits per heavy atom. The maximum atomic E-state index is 12.7. The number of rotatable bonds is 4. The molecule has 6 nitrogen and oxygen atoms in total. The summed E-state index contributed by atoms with van der Waals surface area (Å²) in [4.78, 5) is 28.5. The molecule has 2 heterocycles. The quantitative estimate of drug-likeness (QED) is 0.909. The van der Waals surface area contributed by atoms with Crippen LogP contribution in [0.5, 0.6) is 0 Å². The molecule has 134 valence electrons. The maximum absolute atomic E-state index is 12.7. The lowest BCUT2D eigenvalue weighted by atomic mass is 10.1. The number of amides is 2. The second-order valence-corrected chi connectivity index (χ2v) is 6.70. The minimum absolute atomic E-state index is 0.0350. The van der Waals surface area contributed by atoms with Gasteiger partial charge in [0.05, 0.1) is 0 Å². The van der Waals surface area contributed by atoms with Crippen LogP contribution in [0.15, 0.2) is 30.3 Å². The summed E-state index contributed by atoms with van der Waals surface area (Å²) >= 11 is 0. The lowest BCUT2D eigenvalue weighted by molar-refractivity contribution is -0.137. The number of fused-ring (bicyclic) bond motifs is 1. The predicted molar refractivity (Wildman–Crippen MR) is 98.4 cm³/mol. The van der Waals surface area contributed by atoms with Crippen LogP contribution >= 0.6 is 0 Å². The van der Waals surface area contributed by atoms with Gasteiger partial charge in [-0.1, -0.05) is 18.2 Å². The Morgan fingerprint density at radius 1 is 1.24 bits per heavy atom. The van der Waals surface area contributed by atoms with Crippen LogP contribution in [0.25, 0.3) is 10.9 Å². The van der Waals surface area contributed by atoms with Gasteiger partial charge in [0, 0.05) is 50.9 Å². The van der Waals surface area contributed by atoms with Gasteiger partial charge < -0.3 is 14.8 Å². The molecule has 1 aliphatic rings. The van der Waals surface area contributed by atoms with Crippen molar-refractivity contribution in [3.63, 3.8) is 0 Å². The fourth-order valence-electron chi connectivity index (χ4n) is 3.56. The van der Waals surface area contributed by atoms with Gasteiger partial charge in [0.1, 0.15) is 6.04 Å². The third kappa shape index (κ3) is 3.54. The van der Waals surface area contributed by atoms with Crippen molar-refractivity contribution in [3.05, 3.63) is 36.0 Å². The molecule has 0 bridgehead atoms. The first-order valence-corrected chi connectivity index (χ1v) is 8.75. The zero-order valence-electron chi connectivity index (χ0n) is 15.2. The molecular formula is C19H26N4O2. The fraction of sp³-hybridized carbons (Fsp3) is 0.474. The molecule has 2 amide bonds. The van der Waals surface area contributed by atoms with Gasteiger partial charge in [0.25, 0.3) is 0 Å². The van der Waals surface area contributed by atoms with Gasteiger partial charge in [-0.05, 0) is 31.5 Å². The van der Waals surface area contributed by atoms with Crippen molar-refractivity contribution in [2.75, 3.05) is 33.7 Å². The minimum Gasteiger partial charge on any atom is -0.358 e. The maximum Gasteiger partial charge on any atom is 0.238 e. The first-order valence-electron chi connectivity index (χ1n) is 8.75. The van der Waals surface area contributed by atoms with Crippen molar-refractivity contribution in [1.82, 2.24) is 19.7 Å². The van der Waals surface area contributed by atoms with E-state index in [1.165, 1.54) is 5.39 Å². The van der Waals surface area contributed by atoms with E-state index in [1.54, 1.807) is 7.05 Å². The van der Waals surface area contributed by atoms with E-state index in [2.05, 4.69) is 35.0 Å². The Labute approximate surface area is 148 Å². The lowest BCUT2D eigenvalue weighted by Gasteiger charge is -2.38. The van der Waals surface area contributed by atoms with Crippen LogP contribution in [-0.4, -0.2) is 66.0 Å². The number of nitrogens with zero attached hydrogens (tertiary/aromatic N) is 3. The van der Waals surface area contributed by atoms with Crippen molar-refractivity contribution in [3.8, 4) is 0 Å². The number of aryl methyl sites for hydroxylation is 2. The molecule has 1 aliphatic heterocycles. The van der Waals surface area contributed by atoms with Crippen molar-refractivity contribution in [2.24, 2.45) is 0 Å². The van der Waals surface area contributed by atoms with Crippen molar-refractivity contribution in [1.29, 1.82) is 0 Å². The van der Waals surface area contributed by atoms with E-state index in [0.29, 0.717) is 26.1 Å². The number of carbonyl (C=O) groups excluding carboxylic acids is 2. The number of hydrogen-bond donors (Lipinski definition) is 1. The van der Waals surface area contributed by atoms with Crippen LogP contribution in [0.4, 0.5) is 0 Å². The minimum atomic E-state index is -0.267. The van der Waals surface area contributed by atoms with Gasteiger partial charge in [0.15, 0.2) is 0 Å². The highest BCUT2D eigenvalue weighted by atomic mass is 16.2. The molecule has 0 unspecified atom stereocenters. The number of hydrogen-bond acceptors (Lipinski definition) is 3. The fourth-order valence-corrected chi connectivity index (χ4v) is 3.56. The number of carbonyl (C=O) groups is 2. The van der Waals surface area contributed by atoms with Crippen LogP contribution in [0.2, 0.25) is 0 Å². The largest absolute Gasteiger partial charge is 0.358 e. The van der Waals surface area contributed by atoms with E-state index < -0.39 is 0 Å².